The smallest absolute Gasteiger partial charge is 0.242 e. The molecule has 1 saturated carbocycles. The van der Waals surface area contributed by atoms with Crippen LogP contribution in [-0.2, 0) is 4.79 Å². The first kappa shape index (κ1) is 9.01. The first-order valence-electron chi connectivity index (χ1n) is 4.01. The van der Waals surface area contributed by atoms with Gasteiger partial charge in [-0.1, -0.05) is 0 Å². The van der Waals surface area contributed by atoms with E-state index in [1.54, 1.807) is 7.05 Å². The number of carbonyl (C=O) groups is 1. The van der Waals surface area contributed by atoms with Gasteiger partial charge in [-0.05, 0) is 12.8 Å². The van der Waals surface area contributed by atoms with E-state index in [-0.39, 0.29) is 5.91 Å². The predicted octanol–water partition coefficient (Wildman–Crippen LogP) is -0.150. The number of amides is 1. The van der Waals surface area contributed by atoms with Gasteiger partial charge in [-0.15, -0.1) is 0 Å². The molecule has 0 atom stereocenters. The molecule has 2 N–H and O–H groups in total. The lowest BCUT2D eigenvalue weighted by atomic mass is 10.2. The maximum absolute atomic E-state index is 11.4. The predicted molar refractivity (Wildman–Crippen MR) is 44.0 cm³/mol. The first-order chi connectivity index (χ1) is 5.60. The van der Waals surface area contributed by atoms with E-state index in [9.17, 15) is 4.79 Å². The van der Waals surface area contributed by atoms with E-state index in [2.05, 4.69) is 0 Å². The van der Waals surface area contributed by atoms with Gasteiger partial charge in [0, 0.05) is 13.6 Å². The van der Waals surface area contributed by atoms with Gasteiger partial charge in [0.25, 0.3) is 0 Å². The lowest BCUT2D eigenvalue weighted by molar-refractivity contribution is -0.132. The molecular weight excluding hydrogens is 154 g/mol. The molecule has 0 unspecified atom stereocenters. The Balaban J connectivity index is 2.37. The average Bonchev–Trinajstić information content (AvgIpc) is 2.79. The quantitative estimate of drug-likeness (QED) is 0.635. The normalized spacial score (nSPS) is 18.1. The van der Waals surface area contributed by atoms with E-state index in [1.165, 1.54) is 4.90 Å². The summed E-state index contributed by atoms with van der Waals surface area (Å²) in [6, 6.07) is 1.99. The van der Waals surface area contributed by atoms with Gasteiger partial charge < -0.3 is 10.6 Å². The van der Waals surface area contributed by atoms with Gasteiger partial charge in [0.1, 0.15) is 0 Å². The van der Waals surface area contributed by atoms with Crippen LogP contribution < -0.4 is 5.73 Å². The number of nitriles is 1. The minimum Gasteiger partial charge on any atom is -0.343 e. The number of likely N-dealkylation sites (N-methyl/N-ethyl adjacent to an activating group) is 1. The Bertz CT molecular complexity index is 227. The molecular formula is C8H13N3O. The second kappa shape index (κ2) is 3.11. The Morgan fingerprint density at radius 1 is 1.75 bits per heavy atom. The Morgan fingerprint density at radius 3 is 2.75 bits per heavy atom. The number of nitrogens with zero attached hydrogens (tertiary/aromatic N) is 2. The molecule has 0 spiro atoms. The molecule has 0 aromatic rings. The zero-order valence-electron chi connectivity index (χ0n) is 7.21. The van der Waals surface area contributed by atoms with Crippen LogP contribution >= 0.6 is 0 Å². The third kappa shape index (κ3) is 1.74. The van der Waals surface area contributed by atoms with Crippen molar-refractivity contribution >= 4 is 5.91 Å². The topological polar surface area (TPSA) is 70.1 Å². The number of hydrogen-bond donors (Lipinski definition) is 1. The second-order valence-corrected chi connectivity index (χ2v) is 3.29. The molecule has 66 valence electrons. The molecule has 0 bridgehead atoms. The van der Waals surface area contributed by atoms with Gasteiger partial charge in [-0.2, -0.15) is 5.26 Å². The standard InChI is InChI=1S/C8H13N3O/c1-11(6-2-5-9)7(12)8(10)3-4-8/h2-4,6,10H2,1H3. The third-order valence-electron chi connectivity index (χ3n) is 2.12. The van der Waals surface area contributed by atoms with Crippen LogP contribution in [-0.4, -0.2) is 29.9 Å². The van der Waals surface area contributed by atoms with Gasteiger partial charge in [0.05, 0.1) is 18.0 Å². The van der Waals surface area contributed by atoms with Crippen LogP contribution in [0.15, 0.2) is 0 Å². The molecule has 12 heavy (non-hydrogen) atoms. The van der Waals surface area contributed by atoms with E-state index in [1.807, 2.05) is 6.07 Å². The molecule has 0 saturated heterocycles. The lowest BCUT2D eigenvalue weighted by Gasteiger charge is -2.19. The molecule has 4 heteroatoms. The van der Waals surface area contributed by atoms with Crippen molar-refractivity contribution in [3.63, 3.8) is 0 Å². The van der Waals surface area contributed by atoms with E-state index in [0.717, 1.165) is 12.8 Å². The van der Waals surface area contributed by atoms with Crippen molar-refractivity contribution < 1.29 is 4.79 Å². The largest absolute Gasteiger partial charge is 0.343 e. The van der Waals surface area contributed by atoms with Crippen LogP contribution in [0.5, 0.6) is 0 Å². The summed E-state index contributed by atoms with van der Waals surface area (Å²) in [6.45, 7) is 0.480. The van der Waals surface area contributed by atoms with Crippen molar-refractivity contribution in [2.24, 2.45) is 5.73 Å². The summed E-state index contributed by atoms with van der Waals surface area (Å²) in [5.41, 5.74) is 5.10. The zero-order valence-corrected chi connectivity index (χ0v) is 7.21. The van der Waals surface area contributed by atoms with Crippen molar-refractivity contribution in [1.82, 2.24) is 4.90 Å². The van der Waals surface area contributed by atoms with Crippen molar-refractivity contribution in [3.05, 3.63) is 0 Å². The summed E-state index contributed by atoms with van der Waals surface area (Å²) in [7, 11) is 1.69. The third-order valence-corrected chi connectivity index (χ3v) is 2.12. The Morgan fingerprint density at radius 2 is 2.33 bits per heavy atom. The van der Waals surface area contributed by atoms with Gasteiger partial charge >= 0.3 is 0 Å². The van der Waals surface area contributed by atoms with Crippen LogP contribution in [0.3, 0.4) is 0 Å². The van der Waals surface area contributed by atoms with Gasteiger partial charge in [0.2, 0.25) is 5.91 Å². The highest BCUT2D eigenvalue weighted by atomic mass is 16.2. The molecule has 0 aromatic heterocycles. The molecule has 4 nitrogen and oxygen atoms in total. The highest BCUT2D eigenvalue weighted by molar-refractivity contribution is 5.88. The van der Waals surface area contributed by atoms with Gasteiger partial charge in [-0.3, -0.25) is 4.79 Å². The highest BCUT2D eigenvalue weighted by Crippen LogP contribution is 2.33. The second-order valence-electron chi connectivity index (χ2n) is 3.29. The molecule has 0 aromatic carbocycles. The molecule has 0 radical (unpaired) electrons. The monoisotopic (exact) mass is 167 g/mol. The number of nitrogens with two attached hydrogens (primary N) is 1. The lowest BCUT2D eigenvalue weighted by Crippen LogP contribution is -2.44. The summed E-state index contributed by atoms with van der Waals surface area (Å²) in [5, 5.41) is 8.30. The molecule has 1 aliphatic rings. The van der Waals surface area contributed by atoms with Crippen LogP contribution in [0.2, 0.25) is 0 Å². The van der Waals surface area contributed by atoms with Crippen LogP contribution in [0, 0.1) is 11.3 Å². The van der Waals surface area contributed by atoms with Crippen molar-refractivity contribution in [2.75, 3.05) is 13.6 Å². The Kier molecular flexibility index (Phi) is 2.34. The Hall–Kier alpha value is -1.08. The maximum atomic E-state index is 11.4. The maximum Gasteiger partial charge on any atom is 0.242 e. The molecule has 0 aliphatic heterocycles. The SMILES string of the molecule is CN(CCC#N)C(=O)C1(N)CC1. The van der Waals surface area contributed by atoms with E-state index in [4.69, 9.17) is 11.0 Å². The Labute approximate surface area is 71.9 Å². The van der Waals surface area contributed by atoms with Crippen LogP contribution in [0.25, 0.3) is 0 Å². The van der Waals surface area contributed by atoms with Crippen LogP contribution in [0.4, 0.5) is 0 Å². The number of rotatable bonds is 3. The van der Waals surface area contributed by atoms with Crippen molar-refractivity contribution in [2.45, 2.75) is 24.8 Å². The van der Waals surface area contributed by atoms with Crippen molar-refractivity contribution in [1.29, 1.82) is 5.26 Å². The average molecular weight is 167 g/mol. The zero-order chi connectivity index (χ0) is 9.19. The summed E-state index contributed by atoms with van der Waals surface area (Å²) < 4.78 is 0. The molecule has 1 rings (SSSR count). The minimum atomic E-state index is -0.593. The van der Waals surface area contributed by atoms with E-state index < -0.39 is 5.54 Å². The molecule has 1 amide bonds. The molecule has 1 fully saturated rings. The van der Waals surface area contributed by atoms with Crippen LogP contribution in [0.1, 0.15) is 19.3 Å². The van der Waals surface area contributed by atoms with E-state index in [0.29, 0.717) is 13.0 Å². The number of carbonyl (C=O) groups excluding carboxylic acids is 1. The summed E-state index contributed by atoms with van der Waals surface area (Å²) in [5.74, 6) is -0.0299. The summed E-state index contributed by atoms with van der Waals surface area (Å²) >= 11 is 0. The minimum absolute atomic E-state index is 0.0299. The molecule has 0 heterocycles. The van der Waals surface area contributed by atoms with Crippen molar-refractivity contribution in [3.8, 4) is 6.07 Å². The van der Waals surface area contributed by atoms with E-state index >= 15 is 0 Å². The fraction of sp³-hybridized carbons (Fsp3) is 0.750. The fourth-order valence-corrected chi connectivity index (χ4v) is 1.05. The highest BCUT2D eigenvalue weighted by Gasteiger charge is 2.47. The summed E-state index contributed by atoms with van der Waals surface area (Å²) in [4.78, 5) is 13.0. The first-order valence-corrected chi connectivity index (χ1v) is 4.01. The number of hydrogen-bond acceptors (Lipinski definition) is 3. The van der Waals surface area contributed by atoms with Gasteiger partial charge in [0.15, 0.2) is 0 Å². The van der Waals surface area contributed by atoms with Gasteiger partial charge in [-0.25, -0.2) is 0 Å². The fourth-order valence-electron chi connectivity index (χ4n) is 1.05. The molecule has 1 aliphatic carbocycles. The summed E-state index contributed by atoms with van der Waals surface area (Å²) in [6.07, 6.45) is 1.93.